The predicted octanol–water partition coefficient (Wildman–Crippen LogP) is -0.281. The maximum absolute atomic E-state index is 8.85. The summed E-state index contributed by atoms with van der Waals surface area (Å²) in [6.07, 6.45) is -0.433. The number of methoxy groups -OCH3 is 2. The van der Waals surface area contributed by atoms with Gasteiger partial charge in [-0.25, -0.2) is 0 Å². The molecule has 0 aromatic carbocycles. The summed E-state index contributed by atoms with van der Waals surface area (Å²) in [5.41, 5.74) is 0. The van der Waals surface area contributed by atoms with E-state index >= 15 is 0 Å². The number of thiophene rings is 1. The molecule has 0 radical (unpaired) electrons. The molecule has 0 spiro atoms. The van der Waals surface area contributed by atoms with E-state index in [1.54, 1.807) is 12.1 Å². The summed E-state index contributed by atoms with van der Waals surface area (Å²) < 4.78 is 10.5. The van der Waals surface area contributed by atoms with Gasteiger partial charge in [0.15, 0.2) is 6.29 Å². The lowest BCUT2D eigenvalue weighted by molar-refractivity contribution is -0.103. The fraction of sp³-hybridized carbons (Fsp3) is 0.429. The molecule has 4 nitrogen and oxygen atoms in total. The van der Waals surface area contributed by atoms with Gasteiger partial charge in [-0.3, -0.25) is 0 Å². The van der Waals surface area contributed by atoms with Gasteiger partial charge in [-0.15, -0.1) is 11.3 Å². The highest BCUT2D eigenvalue weighted by molar-refractivity contribution is 7.22. The number of hydrogen-bond acceptors (Lipinski definition) is 5. The van der Waals surface area contributed by atoms with Gasteiger partial charge < -0.3 is 19.5 Å². The average molecular weight is 202 g/mol. The lowest BCUT2D eigenvalue weighted by Gasteiger charge is -2.10. The topological polar surface area (TPSA) is 58.9 Å². The Balaban J connectivity index is 2.78. The maximum Gasteiger partial charge on any atom is 0.499 e. The summed E-state index contributed by atoms with van der Waals surface area (Å²) in [7, 11) is 1.64. The van der Waals surface area contributed by atoms with Gasteiger partial charge in [0.1, 0.15) is 0 Å². The van der Waals surface area contributed by atoms with Crippen LogP contribution in [0, 0.1) is 0 Å². The van der Waals surface area contributed by atoms with E-state index in [2.05, 4.69) is 0 Å². The highest BCUT2D eigenvalue weighted by Crippen LogP contribution is 2.20. The van der Waals surface area contributed by atoms with Crippen LogP contribution in [-0.2, 0) is 9.47 Å². The fourth-order valence-corrected chi connectivity index (χ4v) is 1.90. The Morgan fingerprint density at radius 3 is 2.31 bits per heavy atom. The molecule has 1 aromatic rings. The molecule has 1 heterocycles. The van der Waals surface area contributed by atoms with Gasteiger partial charge in [0.25, 0.3) is 0 Å². The predicted molar refractivity (Wildman–Crippen MR) is 50.9 cm³/mol. The minimum absolute atomic E-state index is 0.433. The molecule has 0 amide bonds. The van der Waals surface area contributed by atoms with Gasteiger partial charge in [-0.2, -0.15) is 0 Å². The van der Waals surface area contributed by atoms with Crippen molar-refractivity contribution >= 4 is 23.2 Å². The first-order valence-corrected chi connectivity index (χ1v) is 4.52. The summed E-state index contributed by atoms with van der Waals surface area (Å²) >= 11 is 1.25. The van der Waals surface area contributed by atoms with E-state index in [-0.39, 0.29) is 0 Å². The Labute approximate surface area is 80.9 Å². The molecule has 0 atom stereocenters. The van der Waals surface area contributed by atoms with E-state index in [1.165, 1.54) is 25.6 Å². The van der Waals surface area contributed by atoms with E-state index in [0.29, 0.717) is 4.78 Å². The summed E-state index contributed by atoms with van der Waals surface area (Å²) in [6.45, 7) is 0. The lowest BCUT2D eigenvalue weighted by atomic mass is 9.90. The summed E-state index contributed by atoms with van der Waals surface area (Å²) in [4.78, 5) is 0.813. The second-order valence-electron chi connectivity index (χ2n) is 2.42. The molecular weight excluding hydrogens is 191 g/mol. The molecule has 0 aliphatic rings. The summed E-state index contributed by atoms with van der Waals surface area (Å²) in [6, 6.07) is 3.38. The van der Waals surface area contributed by atoms with Crippen molar-refractivity contribution in [1.82, 2.24) is 0 Å². The van der Waals surface area contributed by atoms with Crippen molar-refractivity contribution in [2.45, 2.75) is 6.29 Å². The molecule has 0 fully saturated rings. The van der Waals surface area contributed by atoms with Crippen LogP contribution in [0.5, 0.6) is 0 Å². The lowest BCUT2D eigenvalue weighted by Crippen LogP contribution is -2.26. The van der Waals surface area contributed by atoms with E-state index < -0.39 is 13.4 Å². The Bertz CT molecular complexity index is 259. The second kappa shape index (κ2) is 4.73. The third-order valence-corrected chi connectivity index (χ3v) is 2.71. The quantitative estimate of drug-likeness (QED) is 0.520. The van der Waals surface area contributed by atoms with Crippen LogP contribution in [0.4, 0.5) is 0 Å². The maximum atomic E-state index is 8.85. The SMILES string of the molecule is COC(OC)c1ccc(B(O)O)s1. The van der Waals surface area contributed by atoms with Crippen LogP contribution >= 0.6 is 11.3 Å². The number of hydrogen-bond donors (Lipinski definition) is 2. The van der Waals surface area contributed by atoms with Crippen LogP contribution in [0.25, 0.3) is 0 Å². The van der Waals surface area contributed by atoms with Crippen molar-refractivity contribution in [3.63, 3.8) is 0 Å². The monoisotopic (exact) mass is 202 g/mol. The highest BCUT2D eigenvalue weighted by Gasteiger charge is 2.17. The molecule has 0 aliphatic heterocycles. The largest absolute Gasteiger partial charge is 0.499 e. The highest BCUT2D eigenvalue weighted by atomic mass is 32.1. The minimum atomic E-state index is -1.42. The third kappa shape index (κ3) is 2.52. The molecular formula is C7H11BO4S. The second-order valence-corrected chi connectivity index (χ2v) is 3.56. The number of rotatable bonds is 4. The van der Waals surface area contributed by atoms with Crippen LogP contribution in [0.15, 0.2) is 12.1 Å². The average Bonchev–Trinajstić information content (AvgIpc) is 2.56. The fourth-order valence-electron chi connectivity index (χ4n) is 0.962. The van der Waals surface area contributed by atoms with Crippen LogP contribution in [0.1, 0.15) is 11.2 Å². The molecule has 2 N–H and O–H groups in total. The number of ether oxygens (including phenoxy) is 2. The Kier molecular flexibility index (Phi) is 3.89. The first-order valence-electron chi connectivity index (χ1n) is 3.70. The molecule has 13 heavy (non-hydrogen) atoms. The van der Waals surface area contributed by atoms with E-state index in [4.69, 9.17) is 19.5 Å². The van der Waals surface area contributed by atoms with E-state index in [9.17, 15) is 0 Å². The molecule has 0 saturated carbocycles. The van der Waals surface area contributed by atoms with Crippen molar-refractivity contribution in [1.29, 1.82) is 0 Å². The molecule has 0 saturated heterocycles. The molecule has 6 heteroatoms. The molecule has 0 aliphatic carbocycles. The van der Waals surface area contributed by atoms with Crippen molar-refractivity contribution in [3.05, 3.63) is 17.0 Å². The zero-order valence-corrected chi connectivity index (χ0v) is 8.25. The summed E-state index contributed by atoms with van der Waals surface area (Å²) in [5.74, 6) is 0. The van der Waals surface area contributed by atoms with Crippen LogP contribution in [0.3, 0.4) is 0 Å². The van der Waals surface area contributed by atoms with Crippen LogP contribution < -0.4 is 4.78 Å². The molecule has 0 unspecified atom stereocenters. The van der Waals surface area contributed by atoms with Crippen molar-refractivity contribution < 1.29 is 19.5 Å². The Hall–Kier alpha value is -0.395. The van der Waals surface area contributed by atoms with Crippen molar-refractivity contribution in [2.24, 2.45) is 0 Å². The first-order chi connectivity index (χ1) is 6.19. The van der Waals surface area contributed by atoms with Gasteiger partial charge in [-0.05, 0) is 6.07 Å². The van der Waals surface area contributed by atoms with Crippen molar-refractivity contribution in [3.8, 4) is 0 Å². The molecule has 0 bridgehead atoms. The minimum Gasteiger partial charge on any atom is -0.423 e. The molecule has 1 rings (SSSR count). The van der Waals surface area contributed by atoms with E-state index in [0.717, 1.165) is 4.88 Å². The van der Waals surface area contributed by atoms with Crippen LogP contribution in [-0.4, -0.2) is 31.4 Å². The Morgan fingerprint density at radius 1 is 1.31 bits per heavy atom. The van der Waals surface area contributed by atoms with Gasteiger partial charge in [0.05, 0.1) is 4.88 Å². The third-order valence-electron chi connectivity index (χ3n) is 1.56. The smallest absolute Gasteiger partial charge is 0.423 e. The Morgan fingerprint density at radius 2 is 1.92 bits per heavy atom. The van der Waals surface area contributed by atoms with E-state index in [1.807, 2.05) is 0 Å². The summed E-state index contributed by atoms with van der Waals surface area (Å²) in [5, 5.41) is 17.7. The van der Waals surface area contributed by atoms with Gasteiger partial charge in [0.2, 0.25) is 0 Å². The van der Waals surface area contributed by atoms with Crippen molar-refractivity contribution in [2.75, 3.05) is 14.2 Å². The zero-order chi connectivity index (χ0) is 9.84. The van der Waals surface area contributed by atoms with Gasteiger partial charge in [0, 0.05) is 19.0 Å². The molecule has 72 valence electrons. The van der Waals surface area contributed by atoms with Gasteiger partial charge >= 0.3 is 7.12 Å². The van der Waals surface area contributed by atoms with Crippen LogP contribution in [0.2, 0.25) is 0 Å². The normalized spacial score (nSPS) is 10.8. The van der Waals surface area contributed by atoms with Gasteiger partial charge in [-0.1, -0.05) is 6.07 Å². The zero-order valence-electron chi connectivity index (χ0n) is 7.43. The standard InChI is InChI=1S/C7H11BO4S/c1-11-7(12-2)5-3-4-6(13-5)8(9)10/h3-4,7,9-10H,1-2H3. The molecule has 1 aromatic heterocycles. The first kappa shape index (κ1) is 10.7.